The van der Waals surface area contributed by atoms with Gasteiger partial charge in [-0.1, -0.05) is 59.6 Å². The second-order valence-electron chi connectivity index (χ2n) is 10.3. The number of nitrogens with zero attached hydrogens (tertiary/aromatic N) is 2. The maximum atomic E-state index is 13.7. The smallest absolute Gasteiger partial charge is 0.232 e. The Morgan fingerprint density at radius 2 is 1.75 bits per heavy atom. The number of amides is 1. The van der Waals surface area contributed by atoms with E-state index in [-0.39, 0.29) is 29.0 Å². The molecule has 36 heavy (non-hydrogen) atoms. The number of carbonyl (C=O) groups excluding carboxylic acids is 3. The number of anilines is 1. The molecule has 0 saturated carbocycles. The van der Waals surface area contributed by atoms with Gasteiger partial charge in [-0.2, -0.15) is 5.26 Å². The Bertz CT molecular complexity index is 1350. The average Bonchev–Trinajstić information content (AvgIpc) is 2.78. The molecule has 2 aromatic rings. The highest BCUT2D eigenvalue weighted by Crippen LogP contribution is 2.50. The van der Waals surface area contributed by atoms with E-state index in [1.54, 1.807) is 0 Å². The van der Waals surface area contributed by atoms with Gasteiger partial charge in [0.1, 0.15) is 11.6 Å². The summed E-state index contributed by atoms with van der Waals surface area (Å²) in [6, 6.07) is 17.6. The maximum Gasteiger partial charge on any atom is 0.232 e. The molecule has 0 radical (unpaired) electrons. The predicted molar refractivity (Wildman–Crippen MR) is 142 cm³/mol. The van der Waals surface area contributed by atoms with E-state index in [0.29, 0.717) is 29.9 Å². The lowest BCUT2D eigenvalue weighted by atomic mass is 9.68. The van der Waals surface area contributed by atoms with Crippen molar-refractivity contribution in [2.24, 2.45) is 5.41 Å². The Morgan fingerprint density at radius 1 is 1.11 bits per heavy atom. The summed E-state index contributed by atoms with van der Waals surface area (Å²) >= 11 is 3.46. The molecule has 2 aromatic carbocycles. The number of rotatable bonds is 5. The first-order chi connectivity index (χ1) is 17.0. The second-order valence-corrected chi connectivity index (χ2v) is 11.2. The van der Waals surface area contributed by atoms with Gasteiger partial charge in [-0.25, -0.2) is 0 Å². The number of carbonyl (C=O) groups is 3. The molecule has 0 saturated heterocycles. The quantitative estimate of drug-likeness (QED) is 0.477. The Balaban J connectivity index is 2.01. The molecule has 1 atom stereocenters. The number of Topliss-reactive ketones (excluding diaryl/α,β-unsaturated/α-hetero) is 2. The van der Waals surface area contributed by atoms with Crippen LogP contribution in [-0.4, -0.2) is 17.5 Å². The molecule has 1 aliphatic carbocycles. The molecule has 6 nitrogen and oxygen atoms in total. The van der Waals surface area contributed by atoms with Crippen LogP contribution in [0.15, 0.2) is 75.7 Å². The molecule has 0 spiro atoms. The summed E-state index contributed by atoms with van der Waals surface area (Å²) in [5, 5.41) is 13.3. The van der Waals surface area contributed by atoms with Crippen molar-refractivity contribution in [1.82, 2.24) is 5.32 Å². The molecule has 1 heterocycles. The third-order valence-electron chi connectivity index (χ3n) is 6.51. The molecule has 7 heteroatoms. The average molecular weight is 546 g/mol. The fourth-order valence-electron chi connectivity index (χ4n) is 4.98. The SMILES string of the molecule is CC(=O)CC(=O)NC1=C(C#N)C(c2ccc(C)cc2)C2=C(CC(C)(C)CC2=O)N1c1ccc(Br)cc1. The number of aryl methyl sites for hydroxylation is 1. The Hall–Kier alpha value is -3.50. The minimum Gasteiger partial charge on any atom is -0.311 e. The summed E-state index contributed by atoms with van der Waals surface area (Å²) in [4.78, 5) is 40.1. The monoisotopic (exact) mass is 545 g/mol. The Morgan fingerprint density at radius 3 is 2.33 bits per heavy atom. The van der Waals surface area contributed by atoms with Crippen molar-refractivity contribution in [1.29, 1.82) is 5.26 Å². The highest BCUT2D eigenvalue weighted by Gasteiger charge is 2.45. The van der Waals surface area contributed by atoms with E-state index in [2.05, 4.69) is 27.3 Å². The zero-order valence-corrected chi connectivity index (χ0v) is 22.4. The first-order valence-electron chi connectivity index (χ1n) is 11.8. The van der Waals surface area contributed by atoms with Gasteiger partial charge in [-0.05, 0) is 55.5 Å². The van der Waals surface area contributed by atoms with Crippen molar-refractivity contribution in [3.63, 3.8) is 0 Å². The van der Waals surface area contributed by atoms with Crippen molar-refractivity contribution in [2.45, 2.75) is 52.9 Å². The lowest BCUT2D eigenvalue weighted by Crippen LogP contribution is -2.45. The van der Waals surface area contributed by atoms with E-state index in [1.807, 2.05) is 74.2 Å². The third-order valence-corrected chi connectivity index (χ3v) is 7.03. The normalized spacial score (nSPS) is 19.1. The second kappa shape index (κ2) is 9.87. The van der Waals surface area contributed by atoms with Crippen LogP contribution in [0, 0.1) is 23.7 Å². The maximum absolute atomic E-state index is 13.7. The van der Waals surface area contributed by atoms with Crippen LogP contribution in [-0.2, 0) is 14.4 Å². The van der Waals surface area contributed by atoms with E-state index in [9.17, 15) is 19.6 Å². The molecule has 1 amide bonds. The number of ketones is 2. The molecule has 0 fully saturated rings. The van der Waals surface area contributed by atoms with Gasteiger partial charge in [0.05, 0.1) is 24.0 Å². The van der Waals surface area contributed by atoms with Crippen LogP contribution in [0.1, 0.15) is 57.1 Å². The van der Waals surface area contributed by atoms with Gasteiger partial charge in [-0.3, -0.25) is 19.3 Å². The Kier molecular flexibility index (Phi) is 7.01. The molecule has 1 aliphatic heterocycles. The van der Waals surface area contributed by atoms with Crippen LogP contribution in [0.4, 0.5) is 5.69 Å². The number of halogens is 1. The predicted octanol–water partition coefficient (Wildman–Crippen LogP) is 5.84. The third kappa shape index (κ3) is 5.05. The summed E-state index contributed by atoms with van der Waals surface area (Å²) in [5.41, 5.74) is 3.90. The fourth-order valence-corrected chi connectivity index (χ4v) is 5.24. The van der Waals surface area contributed by atoms with Crippen molar-refractivity contribution in [2.75, 3.05) is 4.90 Å². The van der Waals surface area contributed by atoms with Gasteiger partial charge in [-0.15, -0.1) is 0 Å². The van der Waals surface area contributed by atoms with Crippen LogP contribution in [0.3, 0.4) is 0 Å². The van der Waals surface area contributed by atoms with E-state index in [0.717, 1.165) is 21.3 Å². The summed E-state index contributed by atoms with van der Waals surface area (Å²) in [5.74, 6) is -1.10. The molecule has 2 aliphatic rings. The molecular formula is C29H28BrN3O3. The highest BCUT2D eigenvalue weighted by atomic mass is 79.9. The number of hydrogen-bond donors (Lipinski definition) is 1. The van der Waals surface area contributed by atoms with Crippen molar-refractivity contribution < 1.29 is 14.4 Å². The van der Waals surface area contributed by atoms with Crippen LogP contribution < -0.4 is 10.2 Å². The number of nitriles is 1. The molecule has 0 aromatic heterocycles. The van der Waals surface area contributed by atoms with Crippen LogP contribution in [0.2, 0.25) is 0 Å². The minimum atomic E-state index is -0.617. The summed E-state index contributed by atoms with van der Waals surface area (Å²) < 4.78 is 0.877. The molecule has 4 rings (SSSR count). The highest BCUT2D eigenvalue weighted by molar-refractivity contribution is 9.10. The van der Waals surface area contributed by atoms with Gasteiger partial charge in [0, 0.05) is 27.9 Å². The molecular weight excluding hydrogens is 518 g/mol. The molecule has 0 bridgehead atoms. The van der Waals surface area contributed by atoms with Gasteiger partial charge in [0.15, 0.2) is 5.78 Å². The van der Waals surface area contributed by atoms with Gasteiger partial charge in [0.2, 0.25) is 5.91 Å². The first kappa shape index (κ1) is 25.6. The minimum absolute atomic E-state index is 0.00389. The first-order valence-corrected chi connectivity index (χ1v) is 12.6. The van der Waals surface area contributed by atoms with E-state index in [1.165, 1.54) is 6.92 Å². The number of nitrogens with one attached hydrogen (secondary N) is 1. The standard InChI is InChI=1S/C29H28BrN3O3/c1-17-5-7-19(8-6-17)26-22(16-31)28(32-25(36)13-18(2)34)33(21-11-9-20(30)10-12-21)23-14-29(3,4)15-24(35)27(23)26/h5-12,26H,13-15H2,1-4H3,(H,32,36). The van der Waals surface area contributed by atoms with E-state index >= 15 is 0 Å². The fraction of sp³-hybridized carbons (Fsp3) is 0.310. The van der Waals surface area contributed by atoms with Gasteiger partial charge in [0.25, 0.3) is 0 Å². The lowest BCUT2D eigenvalue weighted by molar-refractivity contribution is -0.126. The van der Waals surface area contributed by atoms with E-state index in [4.69, 9.17) is 0 Å². The van der Waals surface area contributed by atoms with Gasteiger partial charge < -0.3 is 5.32 Å². The summed E-state index contributed by atoms with van der Waals surface area (Å²) in [6.45, 7) is 7.43. The zero-order valence-electron chi connectivity index (χ0n) is 20.8. The largest absolute Gasteiger partial charge is 0.311 e. The number of allylic oxidation sites excluding steroid dienone is 3. The molecule has 184 valence electrons. The van der Waals surface area contributed by atoms with E-state index < -0.39 is 11.8 Å². The number of benzene rings is 2. The lowest BCUT2D eigenvalue weighted by Gasteiger charge is -2.44. The Labute approximate surface area is 219 Å². The van der Waals surface area contributed by atoms with Gasteiger partial charge >= 0.3 is 0 Å². The molecule has 1 N–H and O–H groups in total. The zero-order chi connectivity index (χ0) is 26.2. The number of hydrogen-bond acceptors (Lipinski definition) is 5. The van der Waals surface area contributed by atoms with Crippen LogP contribution in [0.25, 0.3) is 0 Å². The summed E-state index contributed by atoms with van der Waals surface area (Å²) in [7, 11) is 0. The summed E-state index contributed by atoms with van der Waals surface area (Å²) in [6.07, 6.45) is 0.645. The van der Waals surface area contributed by atoms with Crippen molar-refractivity contribution in [3.8, 4) is 6.07 Å². The van der Waals surface area contributed by atoms with Crippen molar-refractivity contribution >= 4 is 39.1 Å². The van der Waals surface area contributed by atoms with Crippen LogP contribution in [0.5, 0.6) is 0 Å². The topological polar surface area (TPSA) is 90.3 Å². The van der Waals surface area contributed by atoms with Crippen LogP contribution >= 0.6 is 15.9 Å². The molecule has 1 unspecified atom stereocenters. The van der Waals surface area contributed by atoms with Crippen molar-refractivity contribution in [3.05, 3.63) is 86.8 Å².